The van der Waals surface area contributed by atoms with E-state index in [2.05, 4.69) is 55.3 Å². The van der Waals surface area contributed by atoms with Crippen LogP contribution in [0.2, 0.25) is 0 Å². The summed E-state index contributed by atoms with van der Waals surface area (Å²) in [4.78, 5) is 17.7. The van der Waals surface area contributed by atoms with Crippen LogP contribution < -0.4 is 5.32 Å². The molecular weight excluding hydrogens is 304 g/mol. The van der Waals surface area contributed by atoms with Crippen molar-refractivity contribution in [1.82, 2.24) is 10.3 Å². The van der Waals surface area contributed by atoms with E-state index in [-0.39, 0.29) is 5.91 Å². The predicted molar refractivity (Wildman–Crippen MR) is 97.9 cm³/mol. The molecule has 1 N–H and O–H groups in total. The van der Waals surface area contributed by atoms with E-state index < -0.39 is 0 Å². The third-order valence-electron chi connectivity index (χ3n) is 3.51. The highest BCUT2D eigenvalue weighted by Crippen LogP contribution is 2.24. The van der Waals surface area contributed by atoms with E-state index in [1.54, 1.807) is 12.4 Å². The molecule has 1 heterocycles. The molecule has 0 saturated carbocycles. The van der Waals surface area contributed by atoms with Gasteiger partial charge in [0, 0.05) is 29.4 Å². The van der Waals surface area contributed by atoms with E-state index in [0.29, 0.717) is 18.0 Å². The first-order chi connectivity index (χ1) is 11.1. The van der Waals surface area contributed by atoms with Crippen LogP contribution in [0.25, 0.3) is 11.1 Å². The molecule has 0 saturated heterocycles. The monoisotopic (exact) mass is 328 g/mol. The predicted octanol–water partition coefficient (Wildman–Crippen LogP) is 4.64. The molecule has 0 aliphatic carbocycles. The molecular formula is C19H24N2OS. The van der Waals surface area contributed by atoms with Gasteiger partial charge >= 0.3 is 0 Å². The molecule has 1 aromatic carbocycles. The zero-order valence-corrected chi connectivity index (χ0v) is 14.8. The number of carbonyl (C=O) groups is 1. The van der Waals surface area contributed by atoms with Crippen molar-refractivity contribution in [1.29, 1.82) is 0 Å². The van der Waals surface area contributed by atoms with Crippen molar-refractivity contribution >= 4 is 17.7 Å². The SMILES string of the molecule is CCSc1ccc(-c2cncc(C(=O)NCCC(C)C)c2)cc1. The van der Waals surface area contributed by atoms with Crippen molar-refractivity contribution in [3.05, 3.63) is 48.3 Å². The van der Waals surface area contributed by atoms with Crippen LogP contribution in [-0.2, 0) is 0 Å². The molecule has 3 nitrogen and oxygen atoms in total. The molecule has 4 heteroatoms. The molecule has 0 aliphatic rings. The first-order valence-corrected chi connectivity index (χ1v) is 9.05. The number of thioether (sulfide) groups is 1. The van der Waals surface area contributed by atoms with Crippen LogP contribution in [0.15, 0.2) is 47.6 Å². The van der Waals surface area contributed by atoms with Crippen LogP contribution in [0.3, 0.4) is 0 Å². The highest BCUT2D eigenvalue weighted by atomic mass is 32.2. The van der Waals surface area contributed by atoms with Gasteiger partial charge in [0.25, 0.3) is 5.91 Å². The standard InChI is InChI=1S/C19H24N2OS/c1-4-23-18-7-5-15(6-8-18)16-11-17(13-20-12-16)19(22)21-10-9-14(2)3/h5-8,11-14H,4,9-10H2,1-3H3,(H,21,22). The van der Waals surface area contributed by atoms with Crippen LogP contribution in [0.5, 0.6) is 0 Å². The Labute approximate surface area is 142 Å². The Bertz CT molecular complexity index is 638. The topological polar surface area (TPSA) is 42.0 Å². The fourth-order valence-electron chi connectivity index (χ4n) is 2.21. The Kier molecular flexibility index (Phi) is 6.66. The molecule has 0 bridgehead atoms. The van der Waals surface area contributed by atoms with Crippen LogP contribution in [-0.4, -0.2) is 23.2 Å². The van der Waals surface area contributed by atoms with Crippen molar-refractivity contribution in [3.8, 4) is 11.1 Å². The summed E-state index contributed by atoms with van der Waals surface area (Å²) < 4.78 is 0. The highest BCUT2D eigenvalue weighted by molar-refractivity contribution is 7.99. The van der Waals surface area contributed by atoms with Crippen LogP contribution in [0.1, 0.15) is 37.6 Å². The molecule has 2 aromatic rings. The second-order valence-electron chi connectivity index (χ2n) is 5.86. The average Bonchev–Trinajstić information content (AvgIpc) is 2.55. The summed E-state index contributed by atoms with van der Waals surface area (Å²) >= 11 is 1.82. The van der Waals surface area contributed by atoms with Crippen LogP contribution in [0, 0.1) is 5.92 Å². The minimum absolute atomic E-state index is 0.0573. The van der Waals surface area contributed by atoms with Crippen LogP contribution >= 0.6 is 11.8 Å². The van der Waals surface area contributed by atoms with E-state index in [0.717, 1.165) is 23.3 Å². The van der Waals surface area contributed by atoms with Gasteiger partial charge in [-0.3, -0.25) is 9.78 Å². The largest absolute Gasteiger partial charge is 0.352 e. The van der Waals surface area contributed by atoms with Crippen molar-refractivity contribution in [3.63, 3.8) is 0 Å². The summed E-state index contributed by atoms with van der Waals surface area (Å²) in [6.07, 6.45) is 4.40. The number of hydrogen-bond acceptors (Lipinski definition) is 3. The molecule has 23 heavy (non-hydrogen) atoms. The lowest BCUT2D eigenvalue weighted by Gasteiger charge is -2.08. The van der Waals surface area contributed by atoms with Gasteiger partial charge in [-0.1, -0.05) is 32.9 Å². The van der Waals surface area contributed by atoms with Crippen molar-refractivity contribution < 1.29 is 4.79 Å². The summed E-state index contributed by atoms with van der Waals surface area (Å²) in [5.74, 6) is 1.59. The molecule has 1 amide bonds. The zero-order chi connectivity index (χ0) is 16.7. The number of hydrogen-bond donors (Lipinski definition) is 1. The summed E-state index contributed by atoms with van der Waals surface area (Å²) in [5, 5.41) is 2.95. The Morgan fingerprint density at radius 1 is 1.17 bits per heavy atom. The number of nitrogens with one attached hydrogen (secondary N) is 1. The Balaban J connectivity index is 2.08. The molecule has 0 atom stereocenters. The highest BCUT2D eigenvalue weighted by Gasteiger charge is 2.08. The first-order valence-electron chi connectivity index (χ1n) is 8.06. The van der Waals surface area contributed by atoms with Gasteiger partial charge in [0.2, 0.25) is 0 Å². The third kappa shape index (κ3) is 5.39. The van der Waals surface area contributed by atoms with Gasteiger partial charge < -0.3 is 5.32 Å². The second-order valence-corrected chi connectivity index (χ2v) is 7.20. The summed E-state index contributed by atoms with van der Waals surface area (Å²) in [5.41, 5.74) is 2.66. The number of pyridine rings is 1. The molecule has 0 unspecified atom stereocenters. The Hall–Kier alpha value is -1.81. The fourth-order valence-corrected chi connectivity index (χ4v) is 2.87. The number of rotatable bonds is 7. The average molecular weight is 328 g/mol. The van der Waals surface area contributed by atoms with E-state index >= 15 is 0 Å². The Morgan fingerprint density at radius 2 is 1.91 bits per heavy atom. The lowest BCUT2D eigenvalue weighted by atomic mass is 10.1. The number of nitrogens with zero attached hydrogens (tertiary/aromatic N) is 1. The van der Waals surface area contributed by atoms with Gasteiger partial charge in [-0.05, 0) is 41.9 Å². The summed E-state index contributed by atoms with van der Waals surface area (Å²) in [7, 11) is 0. The van der Waals surface area contributed by atoms with E-state index in [4.69, 9.17) is 0 Å². The number of carbonyl (C=O) groups excluding carboxylic acids is 1. The number of benzene rings is 1. The van der Waals surface area contributed by atoms with Gasteiger partial charge in [0.15, 0.2) is 0 Å². The smallest absolute Gasteiger partial charge is 0.252 e. The van der Waals surface area contributed by atoms with Crippen molar-refractivity contribution in [2.45, 2.75) is 32.1 Å². The van der Waals surface area contributed by atoms with Gasteiger partial charge in [-0.15, -0.1) is 11.8 Å². The minimum atomic E-state index is -0.0573. The molecule has 1 aromatic heterocycles. The van der Waals surface area contributed by atoms with Crippen LogP contribution in [0.4, 0.5) is 0 Å². The number of aromatic nitrogens is 1. The molecule has 122 valence electrons. The minimum Gasteiger partial charge on any atom is -0.352 e. The second kappa shape index (κ2) is 8.73. The first kappa shape index (κ1) is 17.5. The quantitative estimate of drug-likeness (QED) is 0.753. The van der Waals surface area contributed by atoms with Gasteiger partial charge in [0.05, 0.1) is 5.56 Å². The van der Waals surface area contributed by atoms with Crippen molar-refractivity contribution in [2.24, 2.45) is 5.92 Å². The summed E-state index contributed by atoms with van der Waals surface area (Å²) in [6, 6.07) is 10.3. The van der Waals surface area contributed by atoms with Gasteiger partial charge in [0.1, 0.15) is 0 Å². The van der Waals surface area contributed by atoms with Gasteiger partial charge in [-0.25, -0.2) is 0 Å². The molecule has 0 fully saturated rings. The lowest BCUT2D eigenvalue weighted by molar-refractivity contribution is 0.0951. The molecule has 0 spiro atoms. The number of amides is 1. The third-order valence-corrected chi connectivity index (χ3v) is 4.40. The molecule has 2 rings (SSSR count). The molecule has 0 aliphatic heterocycles. The van der Waals surface area contributed by atoms with Crippen molar-refractivity contribution in [2.75, 3.05) is 12.3 Å². The van der Waals surface area contributed by atoms with E-state index in [1.807, 2.05) is 17.8 Å². The van der Waals surface area contributed by atoms with E-state index in [9.17, 15) is 4.79 Å². The molecule has 0 radical (unpaired) electrons. The van der Waals surface area contributed by atoms with Gasteiger partial charge in [-0.2, -0.15) is 0 Å². The Morgan fingerprint density at radius 3 is 2.57 bits per heavy atom. The fraction of sp³-hybridized carbons (Fsp3) is 0.368. The normalized spacial score (nSPS) is 10.8. The van der Waals surface area contributed by atoms with E-state index in [1.165, 1.54) is 4.90 Å². The zero-order valence-electron chi connectivity index (χ0n) is 14.0. The maximum Gasteiger partial charge on any atom is 0.252 e. The lowest BCUT2D eigenvalue weighted by Crippen LogP contribution is -2.25. The maximum absolute atomic E-state index is 12.2. The maximum atomic E-state index is 12.2. The summed E-state index contributed by atoms with van der Waals surface area (Å²) in [6.45, 7) is 7.14.